The van der Waals surface area contributed by atoms with Crippen LogP contribution in [0.15, 0.2) is 59.4 Å². The molecule has 2 nitrogen and oxygen atoms in total. The van der Waals surface area contributed by atoms with E-state index in [2.05, 4.69) is 76.8 Å². The summed E-state index contributed by atoms with van der Waals surface area (Å²) in [5.74, 6) is 0. The number of hydrogen-bond acceptors (Lipinski definition) is 2. The number of fused-ring (bicyclic) bond motifs is 1. The van der Waals surface area contributed by atoms with Crippen molar-refractivity contribution in [3.8, 4) is 0 Å². The molecule has 0 amide bonds. The van der Waals surface area contributed by atoms with Crippen LogP contribution < -0.4 is 5.32 Å². The second-order valence-electron chi connectivity index (χ2n) is 6.76. The Morgan fingerprint density at radius 3 is 2.40 bits per heavy atom. The Hall–Kier alpha value is -2.74. The number of allylic oxidation sites excluding steroid dienone is 1. The number of benzene rings is 2. The molecule has 0 aliphatic carbocycles. The summed E-state index contributed by atoms with van der Waals surface area (Å²) in [6.07, 6.45) is 3.56. The van der Waals surface area contributed by atoms with Crippen LogP contribution in [0.2, 0.25) is 0 Å². The van der Waals surface area contributed by atoms with Gasteiger partial charge in [0.25, 0.3) is 0 Å². The van der Waals surface area contributed by atoms with Crippen LogP contribution in [0.25, 0.3) is 16.5 Å². The minimum absolute atomic E-state index is 0.934. The molecule has 2 heteroatoms. The van der Waals surface area contributed by atoms with E-state index in [-0.39, 0.29) is 0 Å². The minimum atomic E-state index is 0.934. The Morgan fingerprint density at radius 2 is 1.76 bits per heavy atom. The van der Waals surface area contributed by atoms with Crippen LogP contribution in [0.1, 0.15) is 41.7 Å². The molecule has 2 aromatic carbocycles. The Balaban J connectivity index is 2.41. The molecule has 25 heavy (non-hydrogen) atoms. The van der Waals surface area contributed by atoms with E-state index in [4.69, 9.17) is 4.42 Å². The third-order valence-electron chi connectivity index (χ3n) is 4.73. The summed E-state index contributed by atoms with van der Waals surface area (Å²) >= 11 is 0. The molecule has 0 fully saturated rings. The highest BCUT2D eigenvalue weighted by atomic mass is 16.3. The predicted molar refractivity (Wildman–Crippen MR) is 108 cm³/mol. The molecule has 0 radical (unpaired) electrons. The maximum Gasteiger partial charge on any atom is 0.139 e. The quantitative estimate of drug-likeness (QED) is 0.571. The van der Waals surface area contributed by atoms with Gasteiger partial charge in [0.2, 0.25) is 0 Å². The van der Waals surface area contributed by atoms with Crippen LogP contribution in [0.3, 0.4) is 0 Å². The van der Waals surface area contributed by atoms with Gasteiger partial charge in [-0.15, -0.1) is 0 Å². The van der Waals surface area contributed by atoms with Crippen LogP contribution in [0.4, 0.5) is 5.69 Å². The van der Waals surface area contributed by atoms with E-state index in [1.807, 2.05) is 6.26 Å². The number of rotatable bonds is 4. The fraction of sp³-hybridized carbons (Fsp3) is 0.217. The van der Waals surface area contributed by atoms with Crippen LogP contribution >= 0.6 is 0 Å². The average molecular weight is 331 g/mol. The first kappa shape index (κ1) is 17.1. The summed E-state index contributed by atoms with van der Waals surface area (Å²) in [5, 5.41) is 4.50. The second-order valence-corrected chi connectivity index (χ2v) is 6.76. The monoisotopic (exact) mass is 331 g/mol. The zero-order valence-electron chi connectivity index (χ0n) is 15.7. The number of hydrogen-bond donors (Lipinski definition) is 1. The number of nitrogens with one attached hydrogen (secondary N) is 1. The van der Waals surface area contributed by atoms with Gasteiger partial charge in [-0.05, 0) is 69.1 Å². The fourth-order valence-electron chi connectivity index (χ4n) is 3.48. The van der Waals surface area contributed by atoms with Gasteiger partial charge in [-0.25, -0.2) is 0 Å². The van der Waals surface area contributed by atoms with E-state index in [1.54, 1.807) is 6.20 Å². The molecule has 1 N–H and O–H groups in total. The van der Waals surface area contributed by atoms with Gasteiger partial charge in [-0.1, -0.05) is 36.4 Å². The maximum atomic E-state index is 5.80. The van der Waals surface area contributed by atoms with Crippen LogP contribution in [0, 0.1) is 20.8 Å². The van der Waals surface area contributed by atoms with Crippen LogP contribution in [-0.2, 0) is 0 Å². The van der Waals surface area contributed by atoms with Crippen molar-refractivity contribution in [3.63, 3.8) is 0 Å². The summed E-state index contributed by atoms with van der Waals surface area (Å²) in [4.78, 5) is 0. The minimum Gasteiger partial charge on any atom is -0.464 e. The first-order chi connectivity index (χ1) is 12.0. The summed E-state index contributed by atoms with van der Waals surface area (Å²) in [7, 11) is 0. The van der Waals surface area contributed by atoms with E-state index in [1.165, 1.54) is 27.8 Å². The van der Waals surface area contributed by atoms with E-state index in [0.717, 1.165) is 27.8 Å². The van der Waals surface area contributed by atoms with Crippen molar-refractivity contribution in [3.05, 3.63) is 82.8 Å². The summed E-state index contributed by atoms with van der Waals surface area (Å²) in [6.45, 7) is 14.5. The molecule has 0 aliphatic rings. The van der Waals surface area contributed by atoms with Crippen molar-refractivity contribution in [1.82, 2.24) is 0 Å². The summed E-state index contributed by atoms with van der Waals surface area (Å²) in [6, 6.07) is 10.8. The molecule has 0 unspecified atom stereocenters. The van der Waals surface area contributed by atoms with Gasteiger partial charge < -0.3 is 9.73 Å². The van der Waals surface area contributed by atoms with Gasteiger partial charge in [-0.2, -0.15) is 0 Å². The SMILES string of the molecule is C=CNc1c(C(=C(C)C)c2ccccc2C)cc2c(C)coc2c1C. The molecule has 0 saturated carbocycles. The summed E-state index contributed by atoms with van der Waals surface area (Å²) in [5.41, 5.74) is 10.5. The molecule has 0 saturated heterocycles. The normalized spacial score (nSPS) is 10.8. The van der Waals surface area contributed by atoms with Gasteiger partial charge in [-0.3, -0.25) is 0 Å². The Morgan fingerprint density at radius 1 is 1.04 bits per heavy atom. The first-order valence-corrected chi connectivity index (χ1v) is 8.58. The smallest absolute Gasteiger partial charge is 0.139 e. The van der Waals surface area contributed by atoms with Crippen molar-refractivity contribution in [2.75, 3.05) is 5.32 Å². The van der Waals surface area contributed by atoms with Gasteiger partial charge in [0.15, 0.2) is 0 Å². The zero-order valence-corrected chi connectivity index (χ0v) is 15.7. The number of aryl methyl sites for hydroxylation is 3. The molecular formula is C23H25NO. The molecule has 0 aliphatic heterocycles. The molecule has 1 heterocycles. The molecular weight excluding hydrogens is 306 g/mol. The van der Waals surface area contributed by atoms with Gasteiger partial charge in [0, 0.05) is 16.5 Å². The maximum absolute atomic E-state index is 5.80. The number of anilines is 1. The molecule has 0 atom stereocenters. The molecule has 0 spiro atoms. The lowest BCUT2D eigenvalue weighted by Crippen LogP contribution is -2.01. The third kappa shape index (κ3) is 2.89. The lowest BCUT2D eigenvalue weighted by atomic mass is 9.88. The highest BCUT2D eigenvalue weighted by Gasteiger charge is 2.19. The Kier molecular flexibility index (Phi) is 4.54. The highest BCUT2D eigenvalue weighted by Crippen LogP contribution is 2.40. The molecule has 1 aromatic heterocycles. The van der Waals surface area contributed by atoms with E-state index in [0.29, 0.717) is 0 Å². The van der Waals surface area contributed by atoms with Gasteiger partial charge in [0.05, 0.1) is 12.0 Å². The molecule has 128 valence electrons. The van der Waals surface area contributed by atoms with E-state index >= 15 is 0 Å². The zero-order chi connectivity index (χ0) is 18.1. The lowest BCUT2D eigenvalue weighted by molar-refractivity contribution is 0.610. The highest BCUT2D eigenvalue weighted by molar-refractivity contribution is 5.98. The van der Waals surface area contributed by atoms with Crippen LogP contribution in [-0.4, -0.2) is 0 Å². The van der Waals surface area contributed by atoms with E-state index in [9.17, 15) is 0 Å². The largest absolute Gasteiger partial charge is 0.464 e. The predicted octanol–water partition coefficient (Wildman–Crippen LogP) is 6.76. The average Bonchev–Trinajstić information content (AvgIpc) is 2.94. The standard InChI is InChI=1S/C23H25NO/c1-7-24-22-17(6)23-19(16(5)13-25-23)12-20(22)21(14(2)3)18-11-9-8-10-15(18)4/h7-13,24H,1H2,2-6H3. The first-order valence-electron chi connectivity index (χ1n) is 8.58. The van der Waals surface area contributed by atoms with E-state index < -0.39 is 0 Å². The number of furan rings is 1. The Labute approximate surface area is 149 Å². The molecule has 0 bridgehead atoms. The van der Waals surface area contributed by atoms with Gasteiger partial charge in [0.1, 0.15) is 5.58 Å². The molecule has 3 aromatic rings. The Bertz CT molecular complexity index is 985. The van der Waals surface area contributed by atoms with Crippen LogP contribution in [0.5, 0.6) is 0 Å². The van der Waals surface area contributed by atoms with Crippen molar-refractivity contribution in [1.29, 1.82) is 0 Å². The topological polar surface area (TPSA) is 25.2 Å². The summed E-state index contributed by atoms with van der Waals surface area (Å²) < 4.78 is 5.80. The van der Waals surface area contributed by atoms with Gasteiger partial charge >= 0.3 is 0 Å². The van der Waals surface area contributed by atoms with Crippen molar-refractivity contribution < 1.29 is 4.42 Å². The van der Waals surface area contributed by atoms with Crippen molar-refractivity contribution in [2.24, 2.45) is 0 Å². The fourth-order valence-corrected chi connectivity index (χ4v) is 3.48. The third-order valence-corrected chi connectivity index (χ3v) is 4.73. The molecule has 3 rings (SSSR count). The van der Waals surface area contributed by atoms with Crippen molar-refractivity contribution >= 4 is 22.2 Å². The van der Waals surface area contributed by atoms with Crippen molar-refractivity contribution in [2.45, 2.75) is 34.6 Å². The lowest BCUT2D eigenvalue weighted by Gasteiger charge is -2.19. The second kappa shape index (κ2) is 6.64.